The lowest BCUT2D eigenvalue weighted by Gasteiger charge is -2.25. The van der Waals surface area contributed by atoms with Crippen LogP contribution in [-0.4, -0.2) is 21.7 Å². The molecule has 0 saturated heterocycles. The van der Waals surface area contributed by atoms with E-state index in [1.165, 1.54) is 19.3 Å². The summed E-state index contributed by atoms with van der Waals surface area (Å²) in [5.74, 6) is 0.703. The van der Waals surface area contributed by atoms with E-state index >= 15 is 0 Å². The zero-order valence-corrected chi connectivity index (χ0v) is 13.3. The SMILES string of the molecule is CCc1nn(C)c(CNCC2CCCC(Cl)C2)c1Cl. The molecule has 0 amide bonds. The van der Waals surface area contributed by atoms with Crippen LogP contribution in [-0.2, 0) is 20.0 Å². The molecule has 0 aromatic carbocycles. The predicted molar refractivity (Wildman–Crippen MR) is 80.9 cm³/mol. The minimum atomic E-state index is 0.368. The fourth-order valence-corrected chi connectivity index (χ4v) is 3.58. The first kappa shape index (κ1) is 15.1. The molecule has 19 heavy (non-hydrogen) atoms. The van der Waals surface area contributed by atoms with Crippen molar-refractivity contribution in [2.75, 3.05) is 6.54 Å². The fourth-order valence-electron chi connectivity index (χ4n) is 2.82. The third kappa shape index (κ3) is 3.87. The van der Waals surface area contributed by atoms with Crippen LogP contribution in [0.5, 0.6) is 0 Å². The third-order valence-corrected chi connectivity index (χ3v) is 4.78. The van der Waals surface area contributed by atoms with Crippen molar-refractivity contribution in [3.05, 3.63) is 16.4 Å². The molecule has 1 aromatic heterocycles. The Balaban J connectivity index is 1.84. The highest BCUT2D eigenvalue weighted by Crippen LogP contribution is 2.27. The van der Waals surface area contributed by atoms with Gasteiger partial charge in [0.1, 0.15) is 0 Å². The lowest BCUT2D eigenvalue weighted by atomic mass is 9.89. The number of aryl methyl sites for hydroxylation is 2. The smallest absolute Gasteiger partial charge is 0.0863 e. The summed E-state index contributed by atoms with van der Waals surface area (Å²) in [6, 6.07) is 0. The zero-order valence-electron chi connectivity index (χ0n) is 11.8. The van der Waals surface area contributed by atoms with Crippen molar-refractivity contribution in [3.8, 4) is 0 Å². The number of nitrogens with zero attached hydrogens (tertiary/aromatic N) is 2. The topological polar surface area (TPSA) is 29.9 Å². The van der Waals surface area contributed by atoms with Crippen molar-refractivity contribution >= 4 is 23.2 Å². The Morgan fingerprint density at radius 1 is 1.42 bits per heavy atom. The van der Waals surface area contributed by atoms with Crippen molar-refractivity contribution in [2.45, 2.75) is 50.9 Å². The first-order valence-electron chi connectivity index (χ1n) is 7.16. The molecule has 0 spiro atoms. The molecule has 1 N–H and O–H groups in total. The molecule has 1 aliphatic carbocycles. The Morgan fingerprint density at radius 3 is 2.84 bits per heavy atom. The van der Waals surface area contributed by atoms with Crippen LogP contribution < -0.4 is 5.32 Å². The number of nitrogens with one attached hydrogen (secondary N) is 1. The van der Waals surface area contributed by atoms with Crippen LogP contribution in [0.4, 0.5) is 0 Å². The number of aromatic nitrogens is 2. The van der Waals surface area contributed by atoms with Crippen molar-refractivity contribution in [1.29, 1.82) is 0 Å². The lowest BCUT2D eigenvalue weighted by molar-refractivity contribution is 0.345. The van der Waals surface area contributed by atoms with E-state index in [2.05, 4.69) is 17.3 Å². The van der Waals surface area contributed by atoms with E-state index < -0.39 is 0 Å². The van der Waals surface area contributed by atoms with Crippen LogP contribution in [0, 0.1) is 5.92 Å². The van der Waals surface area contributed by atoms with Crippen LogP contribution in [0.1, 0.15) is 44.0 Å². The molecule has 0 radical (unpaired) electrons. The maximum atomic E-state index is 6.33. The van der Waals surface area contributed by atoms with E-state index in [1.807, 2.05) is 11.7 Å². The molecule has 3 nitrogen and oxygen atoms in total. The molecule has 0 aliphatic heterocycles. The molecule has 1 aliphatic rings. The number of hydrogen-bond acceptors (Lipinski definition) is 2. The number of rotatable bonds is 5. The van der Waals surface area contributed by atoms with Crippen LogP contribution in [0.3, 0.4) is 0 Å². The maximum absolute atomic E-state index is 6.33. The number of hydrogen-bond donors (Lipinski definition) is 1. The second kappa shape index (κ2) is 6.96. The minimum Gasteiger partial charge on any atom is -0.311 e. The van der Waals surface area contributed by atoms with Crippen molar-refractivity contribution < 1.29 is 0 Å². The molecule has 1 saturated carbocycles. The van der Waals surface area contributed by atoms with Gasteiger partial charge >= 0.3 is 0 Å². The first-order chi connectivity index (χ1) is 9.11. The Hall–Kier alpha value is -0.250. The molecule has 2 unspecified atom stereocenters. The number of alkyl halides is 1. The van der Waals surface area contributed by atoms with Gasteiger partial charge in [-0.2, -0.15) is 5.10 Å². The number of halogens is 2. The van der Waals surface area contributed by atoms with E-state index in [0.717, 1.165) is 42.3 Å². The van der Waals surface area contributed by atoms with Gasteiger partial charge in [0.15, 0.2) is 0 Å². The summed E-state index contributed by atoms with van der Waals surface area (Å²) in [5, 5.41) is 9.12. The zero-order chi connectivity index (χ0) is 13.8. The quantitative estimate of drug-likeness (QED) is 0.844. The molecule has 0 bridgehead atoms. The summed E-state index contributed by atoms with van der Waals surface area (Å²) in [6.07, 6.45) is 5.73. The van der Waals surface area contributed by atoms with Gasteiger partial charge in [-0.05, 0) is 38.1 Å². The third-order valence-electron chi connectivity index (χ3n) is 3.95. The first-order valence-corrected chi connectivity index (χ1v) is 7.98. The van der Waals surface area contributed by atoms with Crippen molar-refractivity contribution in [3.63, 3.8) is 0 Å². The van der Waals surface area contributed by atoms with Gasteiger partial charge < -0.3 is 5.32 Å². The van der Waals surface area contributed by atoms with Crippen LogP contribution in [0.25, 0.3) is 0 Å². The van der Waals surface area contributed by atoms with Gasteiger partial charge in [-0.3, -0.25) is 4.68 Å². The second-order valence-electron chi connectivity index (χ2n) is 5.45. The molecule has 1 fully saturated rings. The largest absolute Gasteiger partial charge is 0.311 e. The van der Waals surface area contributed by atoms with E-state index in [1.54, 1.807) is 0 Å². The average molecular weight is 304 g/mol. The maximum Gasteiger partial charge on any atom is 0.0863 e. The van der Waals surface area contributed by atoms with Gasteiger partial charge in [0, 0.05) is 19.0 Å². The Kier molecular flexibility index (Phi) is 5.55. The fraction of sp³-hybridized carbons (Fsp3) is 0.786. The van der Waals surface area contributed by atoms with E-state index in [4.69, 9.17) is 23.2 Å². The van der Waals surface area contributed by atoms with E-state index in [9.17, 15) is 0 Å². The Labute approximate surface area is 125 Å². The summed E-state index contributed by atoms with van der Waals surface area (Å²) < 4.78 is 1.89. The van der Waals surface area contributed by atoms with Gasteiger partial charge in [-0.1, -0.05) is 24.9 Å². The molecule has 1 aromatic rings. The normalized spacial score (nSPS) is 23.8. The molecule has 1 heterocycles. The monoisotopic (exact) mass is 303 g/mol. The van der Waals surface area contributed by atoms with Crippen molar-refractivity contribution in [2.24, 2.45) is 13.0 Å². The highest BCUT2D eigenvalue weighted by molar-refractivity contribution is 6.31. The standard InChI is InChI=1S/C14H23Cl2N3/c1-3-12-14(16)13(19(2)18-12)9-17-8-10-5-4-6-11(15)7-10/h10-11,17H,3-9H2,1-2H3. The van der Waals surface area contributed by atoms with Crippen LogP contribution in [0.15, 0.2) is 0 Å². The lowest BCUT2D eigenvalue weighted by Crippen LogP contribution is -2.28. The molecular formula is C14H23Cl2N3. The summed E-state index contributed by atoms with van der Waals surface area (Å²) in [6.45, 7) is 3.88. The van der Waals surface area contributed by atoms with Gasteiger partial charge in [0.2, 0.25) is 0 Å². The Bertz CT molecular complexity index is 417. The predicted octanol–water partition coefficient (Wildman–Crippen LogP) is 3.52. The van der Waals surface area contributed by atoms with Gasteiger partial charge in [-0.25, -0.2) is 0 Å². The average Bonchev–Trinajstić information content (AvgIpc) is 2.66. The highest BCUT2D eigenvalue weighted by Gasteiger charge is 2.20. The van der Waals surface area contributed by atoms with Gasteiger partial charge in [0.05, 0.1) is 16.4 Å². The Morgan fingerprint density at radius 2 is 2.21 bits per heavy atom. The van der Waals surface area contributed by atoms with E-state index in [-0.39, 0.29) is 0 Å². The van der Waals surface area contributed by atoms with Crippen LogP contribution >= 0.6 is 23.2 Å². The molecular weight excluding hydrogens is 281 g/mol. The molecule has 108 valence electrons. The molecule has 2 atom stereocenters. The molecule has 2 rings (SSSR count). The highest BCUT2D eigenvalue weighted by atomic mass is 35.5. The second-order valence-corrected chi connectivity index (χ2v) is 6.44. The van der Waals surface area contributed by atoms with Gasteiger partial charge in [-0.15, -0.1) is 11.6 Å². The summed E-state index contributed by atoms with van der Waals surface area (Å²) in [5.41, 5.74) is 2.07. The summed E-state index contributed by atoms with van der Waals surface area (Å²) >= 11 is 12.5. The summed E-state index contributed by atoms with van der Waals surface area (Å²) in [7, 11) is 1.96. The van der Waals surface area contributed by atoms with E-state index in [0.29, 0.717) is 11.3 Å². The van der Waals surface area contributed by atoms with Gasteiger partial charge in [0.25, 0.3) is 0 Å². The van der Waals surface area contributed by atoms with Crippen molar-refractivity contribution in [1.82, 2.24) is 15.1 Å². The summed E-state index contributed by atoms with van der Waals surface area (Å²) in [4.78, 5) is 0. The van der Waals surface area contributed by atoms with Crippen LogP contribution in [0.2, 0.25) is 5.02 Å². The minimum absolute atomic E-state index is 0.368. The molecule has 5 heteroatoms.